The Morgan fingerprint density at radius 3 is 2.78 bits per heavy atom. The molecule has 2 aromatic carbocycles. The summed E-state index contributed by atoms with van der Waals surface area (Å²) in [6.45, 7) is 0.973. The van der Waals surface area contributed by atoms with E-state index in [4.69, 9.17) is 0 Å². The highest BCUT2D eigenvalue weighted by atomic mass is 14.9. The zero-order valence-electron chi connectivity index (χ0n) is 10.1. The highest BCUT2D eigenvalue weighted by Crippen LogP contribution is 2.40. The summed E-state index contributed by atoms with van der Waals surface area (Å²) in [7, 11) is 0. The molecule has 0 fully saturated rings. The molecule has 1 nitrogen and oxygen atoms in total. The van der Waals surface area contributed by atoms with Crippen molar-refractivity contribution in [2.75, 3.05) is 0 Å². The van der Waals surface area contributed by atoms with Crippen LogP contribution in [-0.2, 0) is 6.54 Å². The first-order chi connectivity index (χ1) is 8.93. The molecule has 87 valence electrons. The van der Waals surface area contributed by atoms with Crippen LogP contribution in [0, 0.1) is 6.42 Å². The standard InChI is InChI=1S/C17H14N/c1-3-7-14-12(5-1)9-10-16(14)17-15-8-4-2-6-13(15)11-18-17/h1-10,17-18H,11H2. The van der Waals surface area contributed by atoms with Gasteiger partial charge >= 0.3 is 0 Å². The molecule has 1 heteroatoms. The number of fused-ring (bicyclic) bond motifs is 2. The van der Waals surface area contributed by atoms with Crippen molar-refractivity contribution < 1.29 is 0 Å². The average molecular weight is 232 g/mol. The lowest BCUT2D eigenvalue weighted by Gasteiger charge is -2.15. The minimum absolute atomic E-state index is 0.348. The van der Waals surface area contributed by atoms with Crippen LogP contribution in [0.15, 0.2) is 54.6 Å². The lowest BCUT2D eigenvalue weighted by molar-refractivity contribution is 0.700. The minimum Gasteiger partial charge on any atom is -0.302 e. The van der Waals surface area contributed by atoms with Crippen LogP contribution in [-0.4, -0.2) is 0 Å². The maximum Gasteiger partial charge on any atom is 0.0585 e. The van der Waals surface area contributed by atoms with Crippen LogP contribution in [0.25, 0.3) is 5.57 Å². The van der Waals surface area contributed by atoms with Gasteiger partial charge in [0.25, 0.3) is 0 Å². The molecule has 1 heterocycles. The number of rotatable bonds is 1. The van der Waals surface area contributed by atoms with E-state index in [0.717, 1.165) is 6.54 Å². The van der Waals surface area contributed by atoms with E-state index in [1.54, 1.807) is 0 Å². The van der Waals surface area contributed by atoms with Gasteiger partial charge in [-0.1, -0.05) is 54.6 Å². The van der Waals surface area contributed by atoms with Crippen LogP contribution in [0.5, 0.6) is 0 Å². The molecule has 0 aromatic heterocycles. The second kappa shape index (κ2) is 3.82. The Kier molecular flexibility index (Phi) is 2.14. The molecule has 0 saturated heterocycles. The first-order valence-electron chi connectivity index (χ1n) is 6.39. The van der Waals surface area contributed by atoms with E-state index in [2.05, 4.69) is 66.3 Å². The Bertz CT molecular complexity index is 640. The molecular weight excluding hydrogens is 218 g/mol. The molecule has 18 heavy (non-hydrogen) atoms. The predicted molar refractivity (Wildman–Crippen MR) is 73.8 cm³/mol. The molecule has 2 aromatic rings. The van der Waals surface area contributed by atoms with Crippen molar-refractivity contribution in [3.05, 3.63) is 83.3 Å². The topological polar surface area (TPSA) is 12.0 Å². The quantitative estimate of drug-likeness (QED) is 0.793. The summed E-state index contributed by atoms with van der Waals surface area (Å²) in [5.74, 6) is 0. The van der Waals surface area contributed by atoms with Crippen molar-refractivity contribution in [2.24, 2.45) is 0 Å². The average Bonchev–Trinajstić information content (AvgIpc) is 3.01. The van der Waals surface area contributed by atoms with Gasteiger partial charge in [0.1, 0.15) is 0 Å². The van der Waals surface area contributed by atoms with Gasteiger partial charge in [0.15, 0.2) is 0 Å². The second-order valence-electron chi connectivity index (χ2n) is 4.89. The first-order valence-corrected chi connectivity index (χ1v) is 6.39. The van der Waals surface area contributed by atoms with E-state index in [1.807, 2.05) is 0 Å². The maximum atomic E-state index is 3.62. The monoisotopic (exact) mass is 232 g/mol. The fourth-order valence-corrected chi connectivity index (χ4v) is 3.00. The van der Waals surface area contributed by atoms with Gasteiger partial charge in [-0.15, -0.1) is 0 Å². The molecular formula is C17H14N. The van der Waals surface area contributed by atoms with Crippen LogP contribution in [0.3, 0.4) is 0 Å². The summed E-state index contributed by atoms with van der Waals surface area (Å²) >= 11 is 0. The molecule has 2 aliphatic rings. The zero-order chi connectivity index (χ0) is 11.9. The highest BCUT2D eigenvalue weighted by molar-refractivity contribution is 5.81. The summed E-state index contributed by atoms with van der Waals surface area (Å²) in [6, 6.07) is 17.7. The molecule has 1 radical (unpaired) electrons. The van der Waals surface area contributed by atoms with Crippen molar-refractivity contribution in [1.82, 2.24) is 5.32 Å². The largest absolute Gasteiger partial charge is 0.302 e. The van der Waals surface area contributed by atoms with Gasteiger partial charge < -0.3 is 5.32 Å². The molecule has 1 aliphatic heterocycles. The van der Waals surface area contributed by atoms with Crippen LogP contribution >= 0.6 is 0 Å². The molecule has 0 bridgehead atoms. The second-order valence-corrected chi connectivity index (χ2v) is 4.89. The van der Waals surface area contributed by atoms with Gasteiger partial charge in [-0.3, -0.25) is 0 Å². The van der Waals surface area contributed by atoms with E-state index < -0.39 is 0 Å². The fraction of sp³-hybridized carbons (Fsp3) is 0.118. The third-order valence-electron chi connectivity index (χ3n) is 3.89. The summed E-state index contributed by atoms with van der Waals surface area (Å²) in [6.07, 6.45) is 4.47. The number of nitrogens with one attached hydrogen (secondary N) is 1. The van der Waals surface area contributed by atoms with Gasteiger partial charge in [-0.2, -0.15) is 0 Å². The lowest BCUT2D eigenvalue weighted by atomic mass is 9.94. The summed E-state index contributed by atoms with van der Waals surface area (Å²) < 4.78 is 0. The van der Waals surface area contributed by atoms with Crippen LogP contribution in [0.4, 0.5) is 0 Å². The summed E-state index contributed by atoms with van der Waals surface area (Å²) in [4.78, 5) is 0. The Balaban J connectivity index is 1.79. The third kappa shape index (κ3) is 1.37. The first kappa shape index (κ1) is 10.1. The van der Waals surface area contributed by atoms with E-state index in [0.29, 0.717) is 6.04 Å². The molecule has 0 spiro atoms. The number of allylic oxidation sites excluding steroid dienone is 1. The molecule has 1 aliphatic carbocycles. The van der Waals surface area contributed by atoms with E-state index in [1.165, 1.54) is 27.8 Å². The van der Waals surface area contributed by atoms with E-state index >= 15 is 0 Å². The molecule has 0 amide bonds. The third-order valence-corrected chi connectivity index (χ3v) is 3.89. The Labute approximate surface area is 107 Å². The molecule has 1 N–H and O–H groups in total. The molecule has 1 unspecified atom stereocenters. The maximum absolute atomic E-state index is 3.62. The number of hydrogen-bond donors (Lipinski definition) is 1. The Morgan fingerprint density at radius 1 is 0.944 bits per heavy atom. The summed E-state index contributed by atoms with van der Waals surface area (Å²) in [5, 5.41) is 3.62. The lowest BCUT2D eigenvalue weighted by Crippen LogP contribution is -2.13. The number of hydrogen-bond acceptors (Lipinski definition) is 1. The van der Waals surface area contributed by atoms with Crippen LogP contribution in [0.2, 0.25) is 0 Å². The van der Waals surface area contributed by atoms with Gasteiger partial charge in [0.05, 0.1) is 6.04 Å². The van der Waals surface area contributed by atoms with Crippen LogP contribution < -0.4 is 5.32 Å². The molecule has 0 saturated carbocycles. The minimum atomic E-state index is 0.348. The summed E-state index contributed by atoms with van der Waals surface area (Å²) in [5.41, 5.74) is 6.95. The smallest absolute Gasteiger partial charge is 0.0585 e. The van der Waals surface area contributed by atoms with Crippen molar-refractivity contribution in [3.63, 3.8) is 0 Å². The SMILES string of the molecule is [CH]1C=C(C2NCc3ccccc32)c2ccccc21. The van der Waals surface area contributed by atoms with Crippen LogP contribution in [0.1, 0.15) is 28.3 Å². The Hall–Kier alpha value is -1.86. The van der Waals surface area contributed by atoms with Gasteiger partial charge in [0.2, 0.25) is 0 Å². The van der Waals surface area contributed by atoms with Crippen molar-refractivity contribution in [2.45, 2.75) is 12.6 Å². The van der Waals surface area contributed by atoms with E-state index in [9.17, 15) is 0 Å². The fourth-order valence-electron chi connectivity index (χ4n) is 3.00. The van der Waals surface area contributed by atoms with Crippen molar-refractivity contribution >= 4 is 5.57 Å². The van der Waals surface area contributed by atoms with E-state index in [-0.39, 0.29) is 0 Å². The highest BCUT2D eigenvalue weighted by Gasteiger charge is 2.28. The predicted octanol–water partition coefficient (Wildman–Crippen LogP) is 3.48. The van der Waals surface area contributed by atoms with Gasteiger partial charge in [0, 0.05) is 13.0 Å². The molecule has 4 rings (SSSR count). The van der Waals surface area contributed by atoms with Crippen molar-refractivity contribution in [1.29, 1.82) is 0 Å². The Morgan fingerprint density at radius 2 is 1.78 bits per heavy atom. The number of benzene rings is 2. The normalized spacial score (nSPS) is 20.4. The molecule has 1 atom stereocenters. The zero-order valence-corrected chi connectivity index (χ0v) is 10.1. The van der Waals surface area contributed by atoms with Gasteiger partial charge in [-0.25, -0.2) is 0 Å². The van der Waals surface area contributed by atoms with Crippen molar-refractivity contribution in [3.8, 4) is 0 Å². The van der Waals surface area contributed by atoms with Gasteiger partial charge in [-0.05, 0) is 27.8 Å².